The third kappa shape index (κ3) is 3.00. The summed E-state index contributed by atoms with van der Waals surface area (Å²) in [6.45, 7) is 6.16. The fourth-order valence-corrected chi connectivity index (χ4v) is 4.35. The van der Waals surface area contributed by atoms with Gasteiger partial charge in [-0.25, -0.2) is 14.5 Å². The molecule has 0 spiro atoms. The van der Waals surface area contributed by atoms with Gasteiger partial charge in [-0.3, -0.25) is 4.57 Å². The molecule has 0 bridgehead atoms. The highest BCUT2D eigenvalue weighted by Crippen LogP contribution is 2.35. The number of rotatable bonds is 3. The lowest BCUT2D eigenvalue weighted by Crippen LogP contribution is -2.42. The van der Waals surface area contributed by atoms with Crippen molar-refractivity contribution in [3.63, 3.8) is 0 Å². The molecule has 0 atom stereocenters. The van der Waals surface area contributed by atoms with Crippen molar-refractivity contribution >= 4 is 23.1 Å². The molecular formula is C20H22N10O. The van der Waals surface area contributed by atoms with Gasteiger partial charge in [0, 0.05) is 19.3 Å². The van der Waals surface area contributed by atoms with Gasteiger partial charge in [0.2, 0.25) is 5.95 Å². The van der Waals surface area contributed by atoms with E-state index in [2.05, 4.69) is 35.5 Å². The Morgan fingerprint density at radius 2 is 2.00 bits per heavy atom. The van der Waals surface area contributed by atoms with E-state index in [1.54, 1.807) is 10.8 Å². The van der Waals surface area contributed by atoms with Crippen molar-refractivity contribution < 1.29 is 4.74 Å². The number of hydrogen-bond acceptors (Lipinski definition) is 9. The van der Waals surface area contributed by atoms with Crippen molar-refractivity contribution in [2.75, 3.05) is 23.4 Å². The Morgan fingerprint density at radius 3 is 2.87 bits per heavy atom. The number of aryl methyl sites for hydroxylation is 2. The van der Waals surface area contributed by atoms with Crippen LogP contribution >= 0.6 is 0 Å². The van der Waals surface area contributed by atoms with Crippen LogP contribution in [0.2, 0.25) is 0 Å². The zero-order valence-electron chi connectivity index (χ0n) is 17.4. The van der Waals surface area contributed by atoms with E-state index in [1.807, 2.05) is 36.9 Å². The largest absolute Gasteiger partial charge is 0.381 e. The second-order valence-electron chi connectivity index (χ2n) is 7.93. The van der Waals surface area contributed by atoms with E-state index in [1.165, 1.54) is 0 Å². The van der Waals surface area contributed by atoms with Crippen LogP contribution in [0.25, 0.3) is 11.3 Å². The van der Waals surface area contributed by atoms with Gasteiger partial charge in [0.05, 0.1) is 24.6 Å². The molecule has 4 aromatic heterocycles. The molecule has 11 nitrogen and oxygen atoms in total. The zero-order valence-corrected chi connectivity index (χ0v) is 17.4. The Morgan fingerprint density at radius 1 is 1.13 bits per heavy atom. The molecular weight excluding hydrogens is 396 g/mol. The number of nitrogens with zero attached hydrogens (tertiary/aromatic N) is 9. The fraction of sp³-hybridized carbons (Fsp3) is 0.400. The zero-order chi connectivity index (χ0) is 20.9. The van der Waals surface area contributed by atoms with Gasteiger partial charge < -0.3 is 15.0 Å². The van der Waals surface area contributed by atoms with Crippen LogP contribution in [-0.2, 0) is 11.3 Å². The van der Waals surface area contributed by atoms with Crippen LogP contribution in [0.1, 0.15) is 30.1 Å². The van der Waals surface area contributed by atoms with Crippen LogP contribution in [0, 0.1) is 13.8 Å². The monoisotopic (exact) mass is 418 g/mol. The van der Waals surface area contributed by atoms with Crippen molar-refractivity contribution in [3.05, 3.63) is 42.0 Å². The number of fused-ring (bicyclic) bond motifs is 4. The summed E-state index contributed by atoms with van der Waals surface area (Å²) >= 11 is 0. The molecule has 2 aliphatic rings. The maximum Gasteiger partial charge on any atom is 0.229 e. The summed E-state index contributed by atoms with van der Waals surface area (Å²) < 4.78 is 9.35. The van der Waals surface area contributed by atoms with E-state index in [0.717, 1.165) is 66.1 Å². The van der Waals surface area contributed by atoms with Gasteiger partial charge in [0.15, 0.2) is 17.3 Å². The molecule has 4 aromatic rings. The van der Waals surface area contributed by atoms with Crippen molar-refractivity contribution in [3.8, 4) is 5.69 Å². The standard InChI is InChI=1S/C20H22N10O/c1-12-7-17-22-11-23-29(17)9-15(12)24-20-21-8-16-19(25-20)28(14-3-5-31-6-4-14)10-18-27-26-13(2)30(16)18/h7-9,11,14H,3-6,10H2,1-2H3,(H,21,24,25). The summed E-state index contributed by atoms with van der Waals surface area (Å²) in [6.07, 6.45) is 7.21. The Labute approximate surface area is 178 Å². The first-order valence-electron chi connectivity index (χ1n) is 10.4. The van der Waals surface area contributed by atoms with Crippen molar-refractivity contribution in [2.24, 2.45) is 0 Å². The second kappa shape index (κ2) is 6.98. The van der Waals surface area contributed by atoms with Gasteiger partial charge in [-0.05, 0) is 38.3 Å². The number of nitrogens with one attached hydrogen (secondary N) is 1. The molecule has 0 radical (unpaired) electrons. The Kier molecular flexibility index (Phi) is 4.10. The third-order valence-corrected chi connectivity index (χ3v) is 5.97. The summed E-state index contributed by atoms with van der Waals surface area (Å²) in [7, 11) is 0. The highest BCUT2D eigenvalue weighted by molar-refractivity contribution is 5.66. The Bertz CT molecular complexity index is 1270. The summed E-state index contributed by atoms with van der Waals surface area (Å²) in [5, 5.41) is 16.2. The lowest BCUT2D eigenvalue weighted by atomic mass is 10.1. The van der Waals surface area contributed by atoms with E-state index in [0.29, 0.717) is 18.5 Å². The first-order valence-corrected chi connectivity index (χ1v) is 10.4. The first-order chi connectivity index (χ1) is 15.2. The van der Waals surface area contributed by atoms with Crippen molar-refractivity contribution in [1.82, 2.24) is 39.3 Å². The van der Waals surface area contributed by atoms with Gasteiger partial charge in [-0.1, -0.05) is 0 Å². The SMILES string of the molecule is Cc1cc2ncnn2cc1Nc1ncc2c(n1)N(C1CCOCC1)Cc1nnc(C)n1-2. The van der Waals surface area contributed by atoms with E-state index >= 15 is 0 Å². The molecule has 1 N–H and O–H groups in total. The molecule has 31 heavy (non-hydrogen) atoms. The number of aromatic nitrogens is 8. The molecule has 1 fully saturated rings. The lowest BCUT2D eigenvalue weighted by molar-refractivity contribution is 0.0836. The van der Waals surface area contributed by atoms with Gasteiger partial charge in [0.25, 0.3) is 0 Å². The van der Waals surface area contributed by atoms with E-state index in [4.69, 9.17) is 9.72 Å². The van der Waals surface area contributed by atoms with E-state index < -0.39 is 0 Å². The van der Waals surface area contributed by atoms with Crippen LogP contribution in [0.3, 0.4) is 0 Å². The number of hydrogen-bond donors (Lipinski definition) is 1. The van der Waals surface area contributed by atoms with Crippen LogP contribution in [-0.4, -0.2) is 58.6 Å². The van der Waals surface area contributed by atoms with Gasteiger partial charge in [-0.15, -0.1) is 10.2 Å². The molecule has 0 unspecified atom stereocenters. The van der Waals surface area contributed by atoms with Crippen LogP contribution in [0.15, 0.2) is 24.8 Å². The molecule has 0 aromatic carbocycles. The molecule has 11 heteroatoms. The summed E-state index contributed by atoms with van der Waals surface area (Å²) in [6, 6.07) is 2.32. The normalized spacial score (nSPS) is 16.4. The highest BCUT2D eigenvalue weighted by atomic mass is 16.5. The quantitative estimate of drug-likeness (QED) is 0.533. The Hall–Kier alpha value is -3.60. The molecule has 1 saturated heterocycles. The predicted molar refractivity (Wildman–Crippen MR) is 113 cm³/mol. The fourth-order valence-electron chi connectivity index (χ4n) is 4.35. The second-order valence-corrected chi connectivity index (χ2v) is 7.93. The van der Waals surface area contributed by atoms with Crippen LogP contribution < -0.4 is 10.2 Å². The molecule has 0 saturated carbocycles. The molecule has 6 rings (SSSR count). The summed E-state index contributed by atoms with van der Waals surface area (Å²) in [5.74, 6) is 3.17. The van der Waals surface area contributed by atoms with Gasteiger partial charge in [-0.2, -0.15) is 10.1 Å². The van der Waals surface area contributed by atoms with E-state index in [-0.39, 0.29) is 0 Å². The maximum atomic E-state index is 5.58. The average molecular weight is 418 g/mol. The lowest BCUT2D eigenvalue weighted by Gasteiger charge is -2.38. The number of anilines is 3. The first kappa shape index (κ1) is 18.2. The average Bonchev–Trinajstić information content (AvgIpc) is 3.40. The van der Waals surface area contributed by atoms with Gasteiger partial charge in [0.1, 0.15) is 17.8 Å². The molecule has 2 aliphatic heterocycles. The minimum Gasteiger partial charge on any atom is -0.381 e. The van der Waals surface area contributed by atoms with Gasteiger partial charge >= 0.3 is 0 Å². The maximum absolute atomic E-state index is 5.58. The predicted octanol–water partition coefficient (Wildman–Crippen LogP) is 1.96. The smallest absolute Gasteiger partial charge is 0.229 e. The molecule has 6 heterocycles. The minimum absolute atomic E-state index is 0.342. The molecule has 0 amide bonds. The van der Waals surface area contributed by atoms with Crippen LogP contribution in [0.4, 0.5) is 17.5 Å². The highest BCUT2D eigenvalue weighted by Gasteiger charge is 2.32. The Balaban J connectivity index is 1.41. The topological polar surface area (TPSA) is 111 Å². The molecule has 0 aliphatic carbocycles. The summed E-state index contributed by atoms with van der Waals surface area (Å²) in [5.41, 5.74) is 3.63. The number of pyridine rings is 1. The van der Waals surface area contributed by atoms with Crippen molar-refractivity contribution in [1.29, 1.82) is 0 Å². The van der Waals surface area contributed by atoms with Crippen LogP contribution in [0.5, 0.6) is 0 Å². The number of ether oxygens (including phenoxy) is 1. The van der Waals surface area contributed by atoms with Crippen molar-refractivity contribution in [2.45, 2.75) is 39.3 Å². The van der Waals surface area contributed by atoms with E-state index in [9.17, 15) is 0 Å². The third-order valence-electron chi connectivity index (χ3n) is 5.97. The molecule has 158 valence electrons. The summed E-state index contributed by atoms with van der Waals surface area (Å²) in [4.78, 5) is 16.1. The minimum atomic E-state index is 0.342.